The Labute approximate surface area is 105 Å². The number of carbonyl (C=O) groups is 1. The van der Waals surface area contributed by atoms with Crippen molar-refractivity contribution in [2.24, 2.45) is 11.7 Å². The third kappa shape index (κ3) is 3.44. The van der Waals surface area contributed by atoms with Crippen LogP contribution in [0.5, 0.6) is 0 Å². The lowest BCUT2D eigenvalue weighted by atomic mass is 9.75. The monoisotopic (exact) mass is 238 g/mol. The molecule has 0 radical (unpaired) electrons. The highest BCUT2D eigenvalue weighted by Crippen LogP contribution is 2.32. The van der Waals surface area contributed by atoms with Gasteiger partial charge in [-0.1, -0.05) is 26.2 Å². The Morgan fingerprint density at radius 2 is 1.94 bits per heavy atom. The SMILES string of the molecule is CC1CCCCCC1NC(=O)CC1(N)CCC1. The van der Waals surface area contributed by atoms with Crippen molar-refractivity contribution in [2.75, 3.05) is 0 Å². The van der Waals surface area contributed by atoms with E-state index in [0.29, 0.717) is 18.4 Å². The van der Waals surface area contributed by atoms with E-state index in [1.54, 1.807) is 0 Å². The molecule has 0 aromatic rings. The Bertz CT molecular complexity index is 273. The molecular weight excluding hydrogens is 212 g/mol. The standard InChI is InChI=1S/C14H26N2O/c1-11-6-3-2-4-7-12(11)16-13(17)10-14(15)8-5-9-14/h11-12H,2-10,15H2,1H3,(H,16,17). The normalized spacial score (nSPS) is 32.4. The van der Waals surface area contributed by atoms with Crippen LogP contribution < -0.4 is 11.1 Å². The Morgan fingerprint density at radius 1 is 1.24 bits per heavy atom. The van der Waals surface area contributed by atoms with Gasteiger partial charge in [0.25, 0.3) is 0 Å². The summed E-state index contributed by atoms with van der Waals surface area (Å²) >= 11 is 0. The summed E-state index contributed by atoms with van der Waals surface area (Å²) in [6, 6.07) is 0.383. The summed E-state index contributed by atoms with van der Waals surface area (Å²) in [5.41, 5.74) is 5.93. The molecule has 2 aliphatic rings. The van der Waals surface area contributed by atoms with Gasteiger partial charge in [-0.3, -0.25) is 4.79 Å². The Balaban J connectivity index is 1.80. The van der Waals surface area contributed by atoms with E-state index in [9.17, 15) is 4.79 Å². The minimum Gasteiger partial charge on any atom is -0.353 e. The molecule has 0 bridgehead atoms. The van der Waals surface area contributed by atoms with E-state index >= 15 is 0 Å². The molecule has 2 fully saturated rings. The quantitative estimate of drug-likeness (QED) is 0.742. The molecule has 3 nitrogen and oxygen atoms in total. The zero-order valence-corrected chi connectivity index (χ0v) is 11.0. The van der Waals surface area contributed by atoms with Crippen molar-refractivity contribution in [1.82, 2.24) is 5.32 Å². The van der Waals surface area contributed by atoms with Crippen LogP contribution in [-0.2, 0) is 4.79 Å². The molecular formula is C14H26N2O. The average molecular weight is 238 g/mol. The summed E-state index contributed by atoms with van der Waals surface area (Å²) in [5, 5.41) is 3.21. The van der Waals surface area contributed by atoms with Gasteiger partial charge < -0.3 is 11.1 Å². The first-order valence-electron chi connectivity index (χ1n) is 7.17. The second-order valence-electron chi connectivity index (χ2n) is 6.18. The van der Waals surface area contributed by atoms with Gasteiger partial charge in [0, 0.05) is 18.0 Å². The fourth-order valence-corrected chi connectivity index (χ4v) is 3.09. The number of amides is 1. The molecule has 0 aliphatic heterocycles. The lowest BCUT2D eigenvalue weighted by Gasteiger charge is -2.38. The lowest BCUT2D eigenvalue weighted by Crippen LogP contribution is -2.51. The maximum absolute atomic E-state index is 12.0. The Morgan fingerprint density at radius 3 is 2.59 bits per heavy atom. The molecule has 1 amide bonds. The van der Waals surface area contributed by atoms with Gasteiger partial charge in [0.05, 0.1) is 0 Å². The Hall–Kier alpha value is -0.570. The van der Waals surface area contributed by atoms with Crippen molar-refractivity contribution in [3.8, 4) is 0 Å². The van der Waals surface area contributed by atoms with Gasteiger partial charge >= 0.3 is 0 Å². The highest BCUT2D eigenvalue weighted by atomic mass is 16.1. The van der Waals surface area contributed by atoms with Crippen LogP contribution in [0.4, 0.5) is 0 Å². The van der Waals surface area contributed by atoms with Crippen LogP contribution >= 0.6 is 0 Å². The molecule has 0 spiro atoms. The zero-order chi connectivity index (χ0) is 12.3. The minimum atomic E-state index is -0.182. The number of nitrogens with two attached hydrogens (primary N) is 1. The summed E-state index contributed by atoms with van der Waals surface area (Å²) in [6.07, 6.45) is 10.0. The van der Waals surface area contributed by atoms with Crippen LogP contribution in [0.1, 0.15) is 64.7 Å². The highest BCUT2D eigenvalue weighted by Gasteiger charge is 2.35. The molecule has 2 rings (SSSR count). The largest absolute Gasteiger partial charge is 0.353 e. The van der Waals surface area contributed by atoms with Gasteiger partial charge in [-0.05, 0) is 38.0 Å². The van der Waals surface area contributed by atoms with Crippen LogP contribution in [0.3, 0.4) is 0 Å². The fraction of sp³-hybridized carbons (Fsp3) is 0.929. The number of rotatable bonds is 3. The molecule has 0 aromatic heterocycles. The van der Waals surface area contributed by atoms with E-state index in [2.05, 4.69) is 12.2 Å². The van der Waals surface area contributed by atoms with E-state index in [0.717, 1.165) is 19.3 Å². The molecule has 2 unspecified atom stereocenters. The van der Waals surface area contributed by atoms with E-state index in [4.69, 9.17) is 5.73 Å². The van der Waals surface area contributed by atoms with E-state index in [1.807, 2.05) is 0 Å². The van der Waals surface area contributed by atoms with Crippen molar-refractivity contribution in [1.29, 1.82) is 0 Å². The minimum absolute atomic E-state index is 0.172. The third-order valence-corrected chi connectivity index (χ3v) is 4.57. The zero-order valence-electron chi connectivity index (χ0n) is 11.0. The summed E-state index contributed by atoms with van der Waals surface area (Å²) in [5.74, 6) is 0.794. The summed E-state index contributed by atoms with van der Waals surface area (Å²) < 4.78 is 0. The topological polar surface area (TPSA) is 55.1 Å². The molecule has 0 aromatic carbocycles. The number of carbonyl (C=O) groups excluding carboxylic acids is 1. The number of hydrogen-bond acceptors (Lipinski definition) is 2. The van der Waals surface area contributed by atoms with Crippen molar-refractivity contribution in [3.63, 3.8) is 0 Å². The highest BCUT2D eigenvalue weighted by molar-refractivity contribution is 5.77. The smallest absolute Gasteiger partial charge is 0.222 e. The third-order valence-electron chi connectivity index (χ3n) is 4.57. The van der Waals surface area contributed by atoms with Crippen LogP contribution in [0.15, 0.2) is 0 Å². The number of nitrogens with one attached hydrogen (secondary N) is 1. The van der Waals surface area contributed by atoms with Gasteiger partial charge in [0.2, 0.25) is 5.91 Å². The lowest BCUT2D eigenvalue weighted by molar-refractivity contribution is -0.124. The van der Waals surface area contributed by atoms with E-state index in [-0.39, 0.29) is 11.4 Å². The van der Waals surface area contributed by atoms with Gasteiger partial charge in [-0.25, -0.2) is 0 Å². The summed E-state index contributed by atoms with van der Waals surface area (Å²) in [4.78, 5) is 12.0. The van der Waals surface area contributed by atoms with Crippen molar-refractivity contribution < 1.29 is 4.79 Å². The molecule has 3 heteroatoms. The molecule has 98 valence electrons. The van der Waals surface area contributed by atoms with Crippen molar-refractivity contribution in [2.45, 2.75) is 76.3 Å². The predicted octanol–water partition coefficient (Wildman–Crippen LogP) is 2.34. The van der Waals surface area contributed by atoms with E-state index in [1.165, 1.54) is 32.1 Å². The first-order chi connectivity index (χ1) is 8.09. The fourth-order valence-electron chi connectivity index (χ4n) is 3.09. The van der Waals surface area contributed by atoms with Gasteiger partial charge in [0.15, 0.2) is 0 Å². The Kier molecular flexibility index (Phi) is 4.08. The predicted molar refractivity (Wildman–Crippen MR) is 69.6 cm³/mol. The molecule has 2 atom stereocenters. The second-order valence-corrected chi connectivity index (χ2v) is 6.18. The maximum Gasteiger partial charge on any atom is 0.222 e. The van der Waals surface area contributed by atoms with Gasteiger partial charge in [-0.2, -0.15) is 0 Å². The van der Waals surface area contributed by atoms with Crippen LogP contribution in [0.25, 0.3) is 0 Å². The first kappa shape index (κ1) is 12.9. The molecule has 0 saturated heterocycles. The van der Waals surface area contributed by atoms with Crippen LogP contribution in [0.2, 0.25) is 0 Å². The van der Waals surface area contributed by atoms with E-state index < -0.39 is 0 Å². The average Bonchev–Trinajstić information content (AvgIpc) is 2.42. The van der Waals surface area contributed by atoms with Crippen molar-refractivity contribution in [3.05, 3.63) is 0 Å². The molecule has 17 heavy (non-hydrogen) atoms. The molecule has 0 heterocycles. The molecule has 3 N–H and O–H groups in total. The molecule has 2 aliphatic carbocycles. The van der Waals surface area contributed by atoms with Gasteiger partial charge in [-0.15, -0.1) is 0 Å². The first-order valence-corrected chi connectivity index (χ1v) is 7.17. The van der Waals surface area contributed by atoms with Crippen LogP contribution in [0, 0.1) is 5.92 Å². The number of hydrogen-bond donors (Lipinski definition) is 2. The van der Waals surface area contributed by atoms with Crippen molar-refractivity contribution >= 4 is 5.91 Å². The summed E-state index contributed by atoms with van der Waals surface area (Å²) in [7, 11) is 0. The summed E-state index contributed by atoms with van der Waals surface area (Å²) in [6.45, 7) is 2.26. The van der Waals surface area contributed by atoms with Gasteiger partial charge in [0.1, 0.15) is 0 Å². The molecule has 2 saturated carbocycles. The van der Waals surface area contributed by atoms with Crippen LogP contribution in [-0.4, -0.2) is 17.5 Å². The maximum atomic E-state index is 12.0. The second kappa shape index (κ2) is 5.38.